The number of nitrogens with two attached hydrogens (primary N) is 1. The van der Waals surface area contributed by atoms with Crippen LogP contribution in [-0.2, 0) is 22.4 Å². The molecule has 0 saturated carbocycles. The predicted octanol–water partition coefficient (Wildman–Crippen LogP) is 1.48. The van der Waals surface area contributed by atoms with Gasteiger partial charge in [0.15, 0.2) is 5.82 Å². The van der Waals surface area contributed by atoms with Crippen molar-refractivity contribution >= 4 is 24.2 Å². The van der Waals surface area contributed by atoms with Crippen LogP contribution in [0.3, 0.4) is 0 Å². The molecule has 0 spiro atoms. The highest BCUT2D eigenvalue weighted by Crippen LogP contribution is 2.18. The lowest BCUT2D eigenvalue weighted by Crippen LogP contribution is -2.47. The second-order valence-corrected chi connectivity index (χ2v) is 6.65. The summed E-state index contributed by atoms with van der Waals surface area (Å²) in [6, 6.07) is 7.14. The Kier molecular flexibility index (Phi) is 9.61. The minimum absolute atomic E-state index is 0. The van der Waals surface area contributed by atoms with Gasteiger partial charge in [-0.05, 0) is 30.0 Å². The molecule has 0 bridgehead atoms. The molecule has 8 nitrogen and oxygen atoms in total. The van der Waals surface area contributed by atoms with Gasteiger partial charge in [0.25, 0.3) is 5.89 Å². The molecule has 0 aliphatic rings. The van der Waals surface area contributed by atoms with Gasteiger partial charge in [-0.25, -0.2) is 0 Å². The van der Waals surface area contributed by atoms with Crippen molar-refractivity contribution in [2.24, 2.45) is 11.7 Å². The Bertz CT molecular complexity index is 761. The monoisotopic (exact) mass is 409 g/mol. The van der Waals surface area contributed by atoms with Crippen molar-refractivity contribution in [3.8, 4) is 11.5 Å². The van der Waals surface area contributed by atoms with Crippen LogP contribution in [0.4, 0.5) is 0 Å². The molecule has 154 valence electrons. The third-order valence-electron chi connectivity index (χ3n) is 4.17. The van der Waals surface area contributed by atoms with Crippen LogP contribution in [0, 0.1) is 5.92 Å². The van der Waals surface area contributed by atoms with E-state index in [4.69, 9.17) is 10.3 Å². The molecule has 1 aromatic carbocycles. The summed E-state index contributed by atoms with van der Waals surface area (Å²) in [6.07, 6.45) is 1.40. The Morgan fingerprint density at radius 2 is 1.86 bits per heavy atom. The van der Waals surface area contributed by atoms with E-state index in [-0.39, 0.29) is 36.7 Å². The van der Waals surface area contributed by atoms with Crippen molar-refractivity contribution in [1.82, 2.24) is 20.8 Å². The number of halogens is 1. The van der Waals surface area contributed by atoms with E-state index in [1.807, 2.05) is 45.0 Å². The number of nitrogens with zero attached hydrogens (tertiary/aromatic N) is 2. The van der Waals surface area contributed by atoms with Gasteiger partial charge >= 0.3 is 0 Å². The number of nitrogens with one attached hydrogen (secondary N) is 2. The molecule has 0 aliphatic heterocycles. The number of carbonyl (C=O) groups is 2. The van der Waals surface area contributed by atoms with Gasteiger partial charge in [-0.3, -0.25) is 9.59 Å². The van der Waals surface area contributed by atoms with Crippen molar-refractivity contribution < 1.29 is 14.1 Å². The number of hydrogen-bond donors (Lipinski definition) is 3. The number of aromatic nitrogens is 2. The third-order valence-corrected chi connectivity index (χ3v) is 4.17. The molecule has 0 saturated heterocycles. The molecule has 1 heterocycles. The number of amides is 2. The lowest BCUT2D eigenvalue weighted by Gasteiger charge is -2.15. The Hall–Kier alpha value is -2.45. The van der Waals surface area contributed by atoms with Crippen molar-refractivity contribution in [3.05, 3.63) is 35.7 Å². The van der Waals surface area contributed by atoms with Crippen LogP contribution in [-0.4, -0.2) is 41.1 Å². The highest BCUT2D eigenvalue weighted by molar-refractivity contribution is 5.87. The van der Waals surface area contributed by atoms with Crippen LogP contribution in [0.5, 0.6) is 0 Å². The molecule has 2 aromatic rings. The van der Waals surface area contributed by atoms with E-state index in [0.717, 1.165) is 17.5 Å². The van der Waals surface area contributed by atoms with Gasteiger partial charge < -0.3 is 20.9 Å². The second kappa shape index (κ2) is 11.4. The second-order valence-electron chi connectivity index (χ2n) is 6.65. The largest absolute Gasteiger partial charge is 0.354 e. The van der Waals surface area contributed by atoms with E-state index in [1.165, 1.54) is 0 Å². The summed E-state index contributed by atoms with van der Waals surface area (Å²) in [5, 5.41) is 9.20. The van der Waals surface area contributed by atoms with Gasteiger partial charge in [-0.15, -0.1) is 12.4 Å². The molecule has 0 radical (unpaired) electrons. The summed E-state index contributed by atoms with van der Waals surface area (Å²) in [6.45, 7) is 6.09. The van der Waals surface area contributed by atoms with Crippen molar-refractivity contribution in [1.29, 1.82) is 0 Å². The van der Waals surface area contributed by atoms with E-state index in [1.54, 1.807) is 0 Å². The van der Waals surface area contributed by atoms with E-state index < -0.39 is 6.04 Å². The zero-order valence-corrected chi connectivity index (χ0v) is 17.2. The minimum atomic E-state index is -0.608. The summed E-state index contributed by atoms with van der Waals surface area (Å²) < 4.78 is 5.21. The molecule has 0 aliphatic carbocycles. The van der Waals surface area contributed by atoms with Crippen molar-refractivity contribution in [3.63, 3.8) is 0 Å². The Morgan fingerprint density at radius 1 is 1.18 bits per heavy atom. The van der Waals surface area contributed by atoms with E-state index in [2.05, 4.69) is 20.8 Å². The Labute approximate surface area is 171 Å². The zero-order chi connectivity index (χ0) is 19.8. The molecule has 1 atom stereocenters. The van der Waals surface area contributed by atoms with E-state index in [9.17, 15) is 9.59 Å². The number of carbonyl (C=O) groups excluding carboxylic acids is 2. The average molecular weight is 410 g/mol. The van der Waals surface area contributed by atoms with Crippen LogP contribution in [0.2, 0.25) is 0 Å². The Balaban J connectivity index is 0.00000392. The highest BCUT2D eigenvalue weighted by atomic mass is 35.5. The number of rotatable bonds is 9. The topological polar surface area (TPSA) is 123 Å². The van der Waals surface area contributed by atoms with Crippen molar-refractivity contribution in [2.75, 3.05) is 13.1 Å². The molecule has 2 amide bonds. The third kappa shape index (κ3) is 6.94. The van der Waals surface area contributed by atoms with Crippen LogP contribution >= 0.6 is 12.4 Å². The van der Waals surface area contributed by atoms with Crippen molar-refractivity contribution in [2.45, 2.75) is 39.7 Å². The van der Waals surface area contributed by atoms with Crippen LogP contribution < -0.4 is 16.4 Å². The lowest BCUT2D eigenvalue weighted by atomic mass is 10.1. The fourth-order valence-corrected chi connectivity index (χ4v) is 2.33. The smallest absolute Gasteiger partial charge is 0.257 e. The maximum Gasteiger partial charge on any atom is 0.257 e. The molecular formula is C19H28ClN5O3. The van der Waals surface area contributed by atoms with E-state index in [0.29, 0.717) is 24.7 Å². The van der Waals surface area contributed by atoms with Gasteiger partial charge in [0, 0.05) is 18.5 Å². The molecular weight excluding hydrogens is 382 g/mol. The van der Waals surface area contributed by atoms with Gasteiger partial charge in [0.05, 0.1) is 12.6 Å². The molecule has 4 N–H and O–H groups in total. The molecule has 0 unspecified atom stereocenters. The quantitative estimate of drug-likeness (QED) is 0.576. The predicted molar refractivity (Wildman–Crippen MR) is 109 cm³/mol. The van der Waals surface area contributed by atoms with Gasteiger partial charge in [0.1, 0.15) is 0 Å². The number of benzene rings is 1. The molecule has 0 fully saturated rings. The first-order valence-electron chi connectivity index (χ1n) is 9.12. The summed E-state index contributed by atoms with van der Waals surface area (Å²) >= 11 is 0. The van der Waals surface area contributed by atoms with Gasteiger partial charge in [0.2, 0.25) is 11.8 Å². The van der Waals surface area contributed by atoms with E-state index >= 15 is 0 Å². The normalized spacial score (nSPS) is 11.6. The Morgan fingerprint density at radius 3 is 2.43 bits per heavy atom. The molecule has 9 heteroatoms. The van der Waals surface area contributed by atoms with Gasteiger partial charge in [-0.2, -0.15) is 4.98 Å². The maximum absolute atomic E-state index is 11.8. The van der Waals surface area contributed by atoms with Gasteiger partial charge in [-0.1, -0.05) is 38.1 Å². The fraction of sp³-hybridized carbons (Fsp3) is 0.474. The van der Waals surface area contributed by atoms with Crippen LogP contribution in [0.25, 0.3) is 11.5 Å². The molecule has 28 heavy (non-hydrogen) atoms. The minimum Gasteiger partial charge on any atom is -0.354 e. The first-order chi connectivity index (χ1) is 12.9. The molecule has 1 aromatic heterocycles. The summed E-state index contributed by atoms with van der Waals surface area (Å²) in [4.78, 5) is 27.8. The number of hydrogen-bond acceptors (Lipinski definition) is 6. The summed E-state index contributed by atoms with van der Waals surface area (Å²) in [7, 11) is 0. The lowest BCUT2D eigenvalue weighted by molar-refractivity contribution is -0.127. The van der Waals surface area contributed by atoms with Crippen LogP contribution in [0.1, 0.15) is 32.2 Å². The SMILES string of the molecule is CCc1noc(-c2ccc(CCNC(=O)CNC(=O)[C@@H](N)C(C)C)cc2)n1.Cl. The fourth-order valence-electron chi connectivity index (χ4n) is 2.33. The summed E-state index contributed by atoms with van der Waals surface area (Å²) in [5.41, 5.74) is 7.66. The average Bonchev–Trinajstić information content (AvgIpc) is 3.15. The maximum atomic E-state index is 11.8. The highest BCUT2D eigenvalue weighted by Gasteiger charge is 2.17. The summed E-state index contributed by atoms with van der Waals surface area (Å²) in [5.74, 6) is 0.647. The van der Waals surface area contributed by atoms with Crippen LogP contribution in [0.15, 0.2) is 28.8 Å². The zero-order valence-electron chi connectivity index (χ0n) is 16.4. The number of aryl methyl sites for hydroxylation is 1. The standard InChI is InChI=1S/C19H27N5O3.ClH/c1-4-15-23-19(27-24-15)14-7-5-13(6-8-14)9-10-21-16(25)11-22-18(26)17(20)12(2)3;/h5-8,12,17H,4,9-11,20H2,1-3H3,(H,21,25)(H,22,26);1H/t17-;/m0./s1. The molecule has 2 rings (SSSR count). The first-order valence-corrected chi connectivity index (χ1v) is 9.12. The first kappa shape index (κ1) is 23.6.